The Balaban J connectivity index is 2.08. The van der Waals surface area contributed by atoms with E-state index >= 15 is 0 Å². The monoisotopic (exact) mass is 310 g/mol. The number of aliphatic carboxylic acids is 1. The lowest BCUT2D eigenvalue weighted by Crippen LogP contribution is -2.00. The predicted molar refractivity (Wildman–Crippen MR) is 83.6 cm³/mol. The molecule has 0 aliphatic carbocycles. The Bertz CT molecular complexity index is 915. The van der Waals surface area contributed by atoms with Crippen molar-refractivity contribution in [2.45, 2.75) is 13.3 Å². The molecule has 7 nitrogen and oxygen atoms in total. The van der Waals surface area contributed by atoms with Gasteiger partial charge in [-0.05, 0) is 36.8 Å². The molecule has 0 aliphatic rings. The largest absolute Gasteiger partial charge is 0.508 e. The second-order valence-corrected chi connectivity index (χ2v) is 5.10. The Hall–Kier alpha value is -3.22. The highest BCUT2D eigenvalue weighted by Crippen LogP contribution is 2.26. The molecule has 0 saturated heterocycles. The number of benzene rings is 1. The number of phenolic OH excluding ortho intramolecular Hbond substituents is 1. The number of azo groups is 1. The molecule has 2 aromatic heterocycles. The van der Waals surface area contributed by atoms with E-state index < -0.39 is 5.97 Å². The van der Waals surface area contributed by atoms with Crippen LogP contribution in [-0.4, -0.2) is 25.6 Å². The number of aryl methyl sites for hydroxylation is 1. The topological polar surface area (TPSA) is 99.6 Å². The number of carbonyl (C=O) groups is 1. The summed E-state index contributed by atoms with van der Waals surface area (Å²) < 4.78 is 1.69. The summed E-state index contributed by atoms with van der Waals surface area (Å²) >= 11 is 0. The third-order valence-corrected chi connectivity index (χ3v) is 3.23. The zero-order chi connectivity index (χ0) is 16.4. The zero-order valence-electron chi connectivity index (χ0n) is 12.3. The van der Waals surface area contributed by atoms with Crippen molar-refractivity contribution >= 4 is 23.1 Å². The molecule has 0 saturated carbocycles. The van der Waals surface area contributed by atoms with Gasteiger partial charge in [0.15, 0.2) is 5.82 Å². The van der Waals surface area contributed by atoms with Crippen molar-refractivity contribution < 1.29 is 15.0 Å². The van der Waals surface area contributed by atoms with Crippen molar-refractivity contribution in [3.8, 4) is 5.75 Å². The lowest BCUT2D eigenvalue weighted by Gasteiger charge is -1.98. The first kappa shape index (κ1) is 14.7. The Morgan fingerprint density at radius 1 is 1.26 bits per heavy atom. The van der Waals surface area contributed by atoms with Crippen LogP contribution in [0.1, 0.15) is 11.3 Å². The average molecular weight is 310 g/mol. The minimum Gasteiger partial charge on any atom is -0.508 e. The van der Waals surface area contributed by atoms with Crippen molar-refractivity contribution in [3.05, 3.63) is 53.9 Å². The molecule has 0 unspecified atom stereocenters. The van der Waals surface area contributed by atoms with Gasteiger partial charge in [0.1, 0.15) is 11.4 Å². The zero-order valence-corrected chi connectivity index (χ0v) is 12.3. The second-order valence-electron chi connectivity index (χ2n) is 5.10. The number of carboxylic acids is 1. The van der Waals surface area contributed by atoms with Crippen LogP contribution >= 0.6 is 0 Å². The molecule has 0 atom stereocenters. The molecular formula is C16H14N4O3. The van der Waals surface area contributed by atoms with E-state index in [0.717, 1.165) is 5.56 Å². The summed E-state index contributed by atoms with van der Waals surface area (Å²) in [5.74, 6) is -0.536. The third kappa shape index (κ3) is 3.18. The van der Waals surface area contributed by atoms with Gasteiger partial charge in [-0.1, -0.05) is 6.07 Å². The van der Waals surface area contributed by atoms with Gasteiger partial charge < -0.3 is 10.2 Å². The number of carboxylic acid groups (broad SMARTS) is 1. The highest BCUT2D eigenvalue weighted by Gasteiger charge is 2.15. The normalized spacial score (nSPS) is 11.3. The van der Waals surface area contributed by atoms with Gasteiger partial charge in [0.2, 0.25) is 0 Å². The van der Waals surface area contributed by atoms with Crippen LogP contribution in [0.3, 0.4) is 0 Å². The Kier molecular flexibility index (Phi) is 3.76. The van der Waals surface area contributed by atoms with Crippen LogP contribution in [-0.2, 0) is 11.2 Å². The van der Waals surface area contributed by atoms with Gasteiger partial charge in [-0.3, -0.25) is 9.20 Å². The van der Waals surface area contributed by atoms with Gasteiger partial charge in [0.05, 0.1) is 17.8 Å². The lowest BCUT2D eigenvalue weighted by molar-refractivity contribution is -0.136. The molecule has 3 rings (SSSR count). The fourth-order valence-electron chi connectivity index (χ4n) is 2.21. The summed E-state index contributed by atoms with van der Waals surface area (Å²) in [6, 6.07) is 10.1. The number of hydrogen-bond acceptors (Lipinski definition) is 5. The maximum Gasteiger partial charge on any atom is 0.309 e. The summed E-state index contributed by atoms with van der Waals surface area (Å²) in [6.07, 6.45) is 1.54. The molecule has 0 spiro atoms. The molecule has 23 heavy (non-hydrogen) atoms. The molecule has 1 aromatic carbocycles. The van der Waals surface area contributed by atoms with Gasteiger partial charge in [0, 0.05) is 12.3 Å². The number of aromatic hydroxyl groups is 1. The van der Waals surface area contributed by atoms with Gasteiger partial charge in [-0.25, -0.2) is 4.98 Å². The van der Waals surface area contributed by atoms with Crippen LogP contribution in [0, 0.1) is 6.92 Å². The number of phenols is 1. The van der Waals surface area contributed by atoms with E-state index in [1.165, 1.54) is 12.1 Å². The number of imidazole rings is 1. The fraction of sp³-hybridized carbons (Fsp3) is 0.125. The molecule has 3 aromatic rings. The molecular weight excluding hydrogens is 296 g/mol. The number of hydrogen-bond donors (Lipinski definition) is 2. The van der Waals surface area contributed by atoms with Crippen LogP contribution in [0.4, 0.5) is 11.5 Å². The summed E-state index contributed by atoms with van der Waals surface area (Å²) in [7, 11) is 0. The summed E-state index contributed by atoms with van der Waals surface area (Å²) in [5, 5.41) is 26.7. The molecule has 7 heteroatoms. The van der Waals surface area contributed by atoms with E-state index in [-0.39, 0.29) is 12.2 Å². The molecule has 116 valence electrons. The highest BCUT2D eigenvalue weighted by molar-refractivity contribution is 5.72. The predicted octanol–water partition coefficient (Wildman–Crippen LogP) is 3.39. The van der Waals surface area contributed by atoms with Crippen molar-refractivity contribution in [2.24, 2.45) is 10.2 Å². The number of nitrogens with zero attached hydrogens (tertiary/aromatic N) is 4. The Labute approximate surface area is 131 Å². The van der Waals surface area contributed by atoms with Crippen LogP contribution < -0.4 is 0 Å². The van der Waals surface area contributed by atoms with E-state index in [4.69, 9.17) is 5.11 Å². The fourth-order valence-corrected chi connectivity index (χ4v) is 2.21. The van der Waals surface area contributed by atoms with Crippen molar-refractivity contribution in [1.29, 1.82) is 0 Å². The average Bonchev–Trinajstić information content (AvgIpc) is 2.80. The smallest absolute Gasteiger partial charge is 0.309 e. The number of pyridine rings is 1. The maximum absolute atomic E-state index is 11.0. The number of aromatic nitrogens is 2. The minimum atomic E-state index is -0.987. The third-order valence-electron chi connectivity index (χ3n) is 3.23. The van der Waals surface area contributed by atoms with E-state index in [1.54, 1.807) is 22.7 Å². The number of fused-ring (bicyclic) bond motifs is 1. The van der Waals surface area contributed by atoms with E-state index in [2.05, 4.69) is 15.2 Å². The lowest BCUT2D eigenvalue weighted by atomic mass is 10.3. The first-order valence-electron chi connectivity index (χ1n) is 6.93. The summed E-state index contributed by atoms with van der Waals surface area (Å²) in [6.45, 7) is 1.93. The summed E-state index contributed by atoms with van der Waals surface area (Å²) in [5.41, 5.74) is 2.44. The van der Waals surface area contributed by atoms with Gasteiger partial charge >= 0.3 is 5.97 Å². The Morgan fingerprint density at radius 3 is 2.83 bits per heavy atom. The molecule has 0 aliphatic heterocycles. The standard InChI is InChI=1S/C16H14N4O3/c1-10-5-6-20-14(7-10)17-13(9-15(22)23)16(20)19-18-11-3-2-4-12(21)8-11/h2-8,21H,9H2,1H3,(H,22,23). The van der Waals surface area contributed by atoms with Crippen LogP contribution in [0.2, 0.25) is 0 Å². The first-order chi connectivity index (χ1) is 11.0. The van der Waals surface area contributed by atoms with E-state index in [9.17, 15) is 9.90 Å². The Morgan fingerprint density at radius 2 is 2.09 bits per heavy atom. The first-order valence-corrected chi connectivity index (χ1v) is 6.93. The summed E-state index contributed by atoms with van der Waals surface area (Å²) in [4.78, 5) is 15.4. The maximum atomic E-state index is 11.0. The minimum absolute atomic E-state index is 0.0842. The SMILES string of the molecule is Cc1ccn2c(N=Nc3cccc(O)c3)c(CC(=O)O)nc2c1. The molecule has 0 radical (unpaired) electrons. The van der Waals surface area contributed by atoms with Crippen molar-refractivity contribution in [1.82, 2.24) is 9.38 Å². The number of rotatable bonds is 4. The van der Waals surface area contributed by atoms with Gasteiger partial charge in [-0.15, -0.1) is 10.2 Å². The van der Waals surface area contributed by atoms with Gasteiger partial charge in [0.25, 0.3) is 0 Å². The van der Waals surface area contributed by atoms with Crippen LogP contribution in [0.15, 0.2) is 52.8 Å². The van der Waals surface area contributed by atoms with E-state index in [0.29, 0.717) is 22.8 Å². The molecule has 0 amide bonds. The van der Waals surface area contributed by atoms with Crippen molar-refractivity contribution in [3.63, 3.8) is 0 Å². The highest BCUT2D eigenvalue weighted by atomic mass is 16.4. The second kappa shape index (κ2) is 5.88. The molecule has 2 N–H and O–H groups in total. The quantitative estimate of drug-likeness (QED) is 0.721. The van der Waals surface area contributed by atoms with Crippen molar-refractivity contribution in [2.75, 3.05) is 0 Å². The van der Waals surface area contributed by atoms with Crippen LogP contribution in [0.5, 0.6) is 5.75 Å². The van der Waals surface area contributed by atoms with E-state index in [1.807, 2.05) is 19.1 Å². The molecule has 2 heterocycles. The van der Waals surface area contributed by atoms with Crippen LogP contribution in [0.25, 0.3) is 5.65 Å². The molecule has 0 bridgehead atoms. The van der Waals surface area contributed by atoms with Gasteiger partial charge in [-0.2, -0.15) is 0 Å². The molecule has 0 fully saturated rings.